The number of likely N-dealkylation sites (tertiary alicyclic amines) is 1. The zero-order chi connectivity index (χ0) is 13.3. The quantitative estimate of drug-likeness (QED) is 0.822. The Kier molecular flexibility index (Phi) is 3.56. The van der Waals surface area contributed by atoms with E-state index < -0.39 is 5.79 Å². The molecule has 0 N–H and O–H groups in total. The van der Waals surface area contributed by atoms with Gasteiger partial charge in [-0.15, -0.1) is 11.3 Å². The number of amides is 1. The molecule has 1 spiro atoms. The van der Waals surface area contributed by atoms with Crippen LogP contribution < -0.4 is 0 Å². The van der Waals surface area contributed by atoms with Crippen LogP contribution in [0.1, 0.15) is 23.5 Å². The smallest absolute Gasteiger partial charge is 0.228 e. The van der Waals surface area contributed by atoms with Gasteiger partial charge < -0.3 is 14.4 Å². The standard InChI is InChI=1S/C13H18N2O3S/c1-10-14-11(9-19-10)8-12(16)15-4-2-13(3-5-15)17-6-7-18-13/h9H,2-8H2,1H3. The van der Waals surface area contributed by atoms with Gasteiger partial charge in [-0.3, -0.25) is 4.79 Å². The summed E-state index contributed by atoms with van der Waals surface area (Å²) in [7, 11) is 0. The highest BCUT2D eigenvalue weighted by Crippen LogP contribution is 2.31. The number of piperidine rings is 1. The van der Waals surface area contributed by atoms with Crippen LogP contribution >= 0.6 is 11.3 Å². The maximum atomic E-state index is 12.2. The lowest BCUT2D eigenvalue weighted by molar-refractivity contribution is -0.187. The molecule has 2 fully saturated rings. The molecule has 0 aliphatic carbocycles. The maximum absolute atomic E-state index is 12.2. The zero-order valence-corrected chi connectivity index (χ0v) is 11.9. The van der Waals surface area contributed by atoms with E-state index in [-0.39, 0.29) is 5.91 Å². The number of thiazole rings is 1. The average Bonchev–Trinajstić information content (AvgIpc) is 3.00. The molecule has 19 heavy (non-hydrogen) atoms. The van der Waals surface area contributed by atoms with Crippen molar-refractivity contribution in [3.63, 3.8) is 0 Å². The molecule has 0 radical (unpaired) electrons. The lowest BCUT2D eigenvalue weighted by Crippen LogP contribution is -2.47. The van der Waals surface area contributed by atoms with Crippen molar-refractivity contribution in [3.05, 3.63) is 16.1 Å². The van der Waals surface area contributed by atoms with E-state index in [1.54, 1.807) is 11.3 Å². The molecular weight excluding hydrogens is 264 g/mol. The van der Waals surface area contributed by atoms with Crippen LogP contribution in [-0.2, 0) is 20.7 Å². The number of hydrogen-bond donors (Lipinski definition) is 0. The second-order valence-corrected chi connectivity index (χ2v) is 6.09. The summed E-state index contributed by atoms with van der Waals surface area (Å²) in [5.74, 6) is -0.258. The van der Waals surface area contributed by atoms with Gasteiger partial charge in [0.25, 0.3) is 0 Å². The number of aromatic nitrogens is 1. The van der Waals surface area contributed by atoms with Crippen molar-refractivity contribution in [3.8, 4) is 0 Å². The van der Waals surface area contributed by atoms with E-state index in [9.17, 15) is 4.79 Å². The highest BCUT2D eigenvalue weighted by molar-refractivity contribution is 7.09. The van der Waals surface area contributed by atoms with Crippen LogP contribution in [-0.4, -0.2) is 47.9 Å². The summed E-state index contributed by atoms with van der Waals surface area (Å²) in [5.41, 5.74) is 0.876. The molecule has 1 aromatic rings. The van der Waals surface area contributed by atoms with Crippen molar-refractivity contribution in [2.24, 2.45) is 0 Å². The van der Waals surface area contributed by atoms with Gasteiger partial charge in [0.1, 0.15) is 0 Å². The van der Waals surface area contributed by atoms with E-state index in [1.165, 1.54) is 0 Å². The third-order valence-corrected chi connectivity index (χ3v) is 4.51. The Bertz CT molecular complexity index is 458. The summed E-state index contributed by atoms with van der Waals surface area (Å²) in [5, 5.41) is 2.97. The molecule has 1 amide bonds. The minimum Gasteiger partial charge on any atom is -0.347 e. The zero-order valence-electron chi connectivity index (χ0n) is 11.1. The molecule has 5 nitrogen and oxygen atoms in total. The Labute approximate surface area is 116 Å². The molecule has 3 rings (SSSR count). The van der Waals surface area contributed by atoms with Crippen LogP contribution in [0.25, 0.3) is 0 Å². The van der Waals surface area contributed by atoms with Crippen LogP contribution in [0.5, 0.6) is 0 Å². The largest absolute Gasteiger partial charge is 0.347 e. The third-order valence-electron chi connectivity index (χ3n) is 3.69. The number of rotatable bonds is 2. The molecule has 2 saturated heterocycles. The van der Waals surface area contributed by atoms with Crippen LogP contribution in [0.2, 0.25) is 0 Å². The number of carbonyl (C=O) groups excluding carboxylic acids is 1. The van der Waals surface area contributed by atoms with Crippen LogP contribution in [0, 0.1) is 6.92 Å². The van der Waals surface area contributed by atoms with Gasteiger partial charge >= 0.3 is 0 Å². The highest BCUT2D eigenvalue weighted by atomic mass is 32.1. The van der Waals surface area contributed by atoms with Gasteiger partial charge in [0, 0.05) is 31.3 Å². The van der Waals surface area contributed by atoms with Gasteiger partial charge in [-0.2, -0.15) is 0 Å². The fraction of sp³-hybridized carbons (Fsp3) is 0.692. The van der Waals surface area contributed by atoms with Crippen molar-refractivity contribution in [1.82, 2.24) is 9.88 Å². The summed E-state index contributed by atoms with van der Waals surface area (Å²) in [6, 6.07) is 0. The lowest BCUT2D eigenvalue weighted by atomic mass is 10.0. The molecule has 0 aromatic carbocycles. The second-order valence-electron chi connectivity index (χ2n) is 5.02. The van der Waals surface area contributed by atoms with Crippen molar-refractivity contribution in [2.75, 3.05) is 26.3 Å². The summed E-state index contributed by atoms with van der Waals surface area (Å²) < 4.78 is 11.3. The van der Waals surface area contributed by atoms with E-state index in [0.717, 1.165) is 23.5 Å². The minimum atomic E-state index is -0.409. The normalized spacial score (nSPS) is 22.1. The molecule has 0 bridgehead atoms. The summed E-state index contributed by atoms with van der Waals surface area (Å²) in [6.07, 6.45) is 1.95. The first-order chi connectivity index (χ1) is 9.17. The van der Waals surface area contributed by atoms with Crippen molar-refractivity contribution in [2.45, 2.75) is 32.0 Å². The third kappa shape index (κ3) is 2.80. The van der Waals surface area contributed by atoms with Crippen molar-refractivity contribution < 1.29 is 14.3 Å². The van der Waals surface area contributed by atoms with Crippen LogP contribution in [0.4, 0.5) is 0 Å². The SMILES string of the molecule is Cc1nc(CC(=O)N2CCC3(CC2)OCCO3)cs1. The monoisotopic (exact) mass is 282 g/mol. The van der Waals surface area contributed by atoms with E-state index >= 15 is 0 Å². The molecule has 6 heteroatoms. The van der Waals surface area contributed by atoms with Gasteiger partial charge in [0.15, 0.2) is 5.79 Å². The highest BCUT2D eigenvalue weighted by Gasteiger charge is 2.40. The summed E-state index contributed by atoms with van der Waals surface area (Å²) >= 11 is 1.59. The molecule has 2 aliphatic heterocycles. The van der Waals surface area contributed by atoms with E-state index in [1.807, 2.05) is 17.2 Å². The fourth-order valence-electron chi connectivity index (χ4n) is 2.64. The lowest BCUT2D eigenvalue weighted by Gasteiger charge is -2.37. The van der Waals surface area contributed by atoms with Crippen molar-refractivity contribution >= 4 is 17.2 Å². The Morgan fingerprint density at radius 3 is 2.68 bits per heavy atom. The first-order valence-electron chi connectivity index (χ1n) is 6.64. The van der Waals surface area contributed by atoms with Crippen LogP contribution in [0.3, 0.4) is 0 Å². The first kappa shape index (κ1) is 13.0. The molecule has 2 aliphatic rings. The van der Waals surface area contributed by atoms with Gasteiger partial charge in [-0.05, 0) is 6.92 Å². The second kappa shape index (κ2) is 5.19. The topological polar surface area (TPSA) is 51.7 Å². The summed E-state index contributed by atoms with van der Waals surface area (Å²) in [4.78, 5) is 18.4. The Morgan fingerprint density at radius 2 is 2.11 bits per heavy atom. The molecule has 3 heterocycles. The number of nitrogens with zero attached hydrogens (tertiary/aromatic N) is 2. The van der Waals surface area contributed by atoms with Gasteiger partial charge in [-0.25, -0.2) is 4.98 Å². The van der Waals surface area contributed by atoms with Gasteiger partial charge in [0.05, 0.1) is 30.3 Å². The number of ether oxygens (including phenoxy) is 2. The fourth-order valence-corrected chi connectivity index (χ4v) is 3.25. The molecule has 0 unspecified atom stereocenters. The predicted molar refractivity (Wildman–Crippen MR) is 71.0 cm³/mol. The molecule has 0 saturated carbocycles. The predicted octanol–water partition coefficient (Wildman–Crippen LogP) is 1.36. The Morgan fingerprint density at radius 1 is 1.42 bits per heavy atom. The number of hydrogen-bond acceptors (Lipinski definition) is 5. The van der Waals surface area contributed by atoms with Gasteiger partial charge in [-0.1, -0.05) is 0 Å². The molecule has 104 valence electrons. The number of aryl methyl sites for hydroxylation is 1. The van der Waals surface area contributed by atoms with E-state index in [4.69, 9.17) is 9.47 Å². The van der Waals surface area contributed by atoms with E-state index in [2.05, 4.69) is 4.98 Å². The van der Waals surface area contributed by atoms with Crippen LogP contribution in [0.15, 0.2) is 5.38 Å². The minimum absolute atomic E-state index is 0.151. The Balaban J connectivity index is 1.54. The summed E-state index contributed by atoms with van der Waals surface area (Å²) in [6.45, 7) is 4.72. The number of carbonyl (C=O) groups is 1. The first-order valence-corrected chi connectivity index (χ1v) is 7.52. The van der Waals surface area contributed by atoms with Gasteiger partial charge in [0.2, 0.25) is 5.91 Å². The van der Waals surface area contributed by atoms with E-state index in [0.29, 0.717) is 32.7 Å². The molecular formula is C13H18N2O3S. The molecule has 1 aromatic heterocycles. The molecule has 0 atom stereocenters. The van der Waals surface area contributed by atoms with Crippen molar-refractivity contribution in [1.29, 1.82) is 0 Å². The maximum Gasteiger partial charge on any atom is 0.228 e. The Hall–Kier alpha value is -0.980. The average molecular weight is 282 g/mol.